The highest BCUT2D eigenvalue weighted by Gasteiger charge is 2.14. The summed E-state index contributed by atoms with van der Waals surface area (Å²) >= 11 is 0. The highest BCUT2D eigenvalue weighted by Crippen LogP contribution is 2.18. The van der Waals surface area contributed by atoms with Gasteiger partial charge in [0.2, 0.25) is 0 Å². The lowest BCUT2D eigenvalue weighted by molar-refractivity contribution is 0.235. The summed E-state index contributed by atoms with van der Waals surface area (Å²) in [5.74, 6) is 0. The van der Waals surface area contributed by atoms with Gasteiger partial charge in [-0.25, -0.2) is 4.79 Å². The number of hydrogen-bond donors (Lipinski definition) is 2. The number of hydrogen-bond acceptors (Lipinski definition) is 1. The summed E-state index contributed by atoms with van der Waals surface area (Å²) in [5, 5.41) is 6.04. The van der Waals surface area contributed by atoms with E-state index in [-0.39, 0.29) is 18.1 Å². The van der Waals surface area contributed by atoms with Gasteiger partial charge in [-0.15, -0.1) is 0 Å². The molecule has 0 aliphatic heterocycles. The van der Waals surface area contributed by atoms with E-state index in [1.165, 1.54) is 16.7 Å². The first-order valence-corrected chi connectivity index (χ1v) is 8.07. The van der Waals surface area contributed by atoms with Gasteiger partial charge in [-0.3, -0.25) is 0 Å². The summed E-state index contributed by atoms with van der Waals surface area (Å²) in [6.45, 7) is 10.2. The van der Waals surface area contributed by atoms with Gasteiger partial charge in [0.05, 0.1) is 12.1 Å². The third-order valence-electron chi connectivity index (χ3n) is 4.09. The van der Waals surface area contributed by atoms with Gasteiger partial charge in [0.1, 0.15) is 0 Å². The molecule has 2 aromatic carbocycles. The van der Waals surface area contributed by atoms with Crippen LogP contribution in [-0.4, -0.2) is 6.03 Å². The largest absolute Gasteiger partial charge is 0.332 e. The molecule has 23 heavy (non-hydrogen) atoms. The van der Waals surface area contributed by atoms with E-state index in [9.17, 15) is 4.79 Å². The fourth-order valence-electron chi connectivity index (χ4n) is 2.93. The van der Waals surface area contributed by atoms with Crippen molar-refractivity contribution in [3.63, 3.8) is 0 Å². The Balaban J connectivity index is 2.00. The molecule has 0 saturated carbocycles. The molecule has 0 aromatic heterocycles. The highest BCUT2D eigenvalue weighted by molar-refractivity contribution is 5.75. The van der Waals surface area contributed by atoms with Gasteiger partial charge >= 0.3 is 6.03 Å². The molecule has 0 saturated heterocycles. The maximum absolute atomic E-state index is 12.3. The second-order valence-corrected chi connectivity index (χ2v) is 6.34. The number of carbonyl (C=O) groups is 1. The van der Waals surface area contributed by atoms with Crippen LogP contribution >= 0.6 is 0 Å². The quantitative estimate of drug-likeness (QED) is 0.842. The van der Waals surface area contributed by atoms with Gasteiger partial charge in [-0.05, 0) is 51.3 Å². The number of urea groups is 1. The molecule has 0 aliphatic carbocycles. The molecule has 0 aliphatic rings. The molecular weight excluding hydrogens is 284 g/mol. The number of amides is 2. The normalized spacial score (nSPS) is 13.3. The van der Waals surface area contributed by atoms with Crippen LogP contribution in [0.4, 0.5) is 4.79 Å². The molecule has 0 radical (unpaired) electrons. The van der Waals surface area contributed by atoms with Crippen LogP contribution in [0.3, 0.4) is 0 Å². The molecule has 2 N–H and O–H groups in total. The van der Waals surface area contributed by atoms with E-state index in [0.29, 0.717) is 0 Å². The molecule has 0 bridgehead atoms. The van der Waals surface area contributed by atoms with E-state index in [0.717, 1.165) is 11.1 Å². The first kappa shape index (κ1) is 17.1. The SMILES string of the molecule is Cc1cc(C)cc(C(C)NC(=O)NC(C)c2ccccc2C)c1. The van der Waals surface area contributed by atoms with Gasteiger partial charge in [-0.1, -0.05) is 53.6 Å². The summed E-state index contributed by atoms with van der Waals surface area (Å²) in [7, 11) is 0. The first-order chi connectivity index (χ1) is 10.9. The van der Waals surface area contributed by atoms with E-state index in [1.807, 2.05) is 32.0 Å². The van der Waals surface area contributed by atoms with Crippen LogP contribution in [0.25, 0.3) is 0 Å². The molecule has 0 spiro atoms. The van der Waals surface area contributed by atoms with Gasteiger partial charge in [0.25, 0.3) is 0 Å². The summed E-state index contributed by atoms with van der Waals surface area (Å²) < 4.78 is 0. The molecule has 0 fully saturated rings. The standard InChI is InChI=1S/C20H26N2O/c1-13-10-14(2)12-18(11-13)16(4)21-20(23)22-17(5)19-9-7-6-8-15(19)3/h6-12,16-17H,1-5H3,(H2,21,22,23). The predicted octanol–water partition coefficient (Wildman–Crippen LogP) is 4.73. The fraction of sp³-hybridized carbons (Fsp3) is 0.350. The second kappa shape index (κ2) is 7.32. The molecule has 2 rings (SSSR count). The minimum atomic E-state index is -0.146. The Morgan fingerprint density at radius 1 is 0.870 bits per heavy atom. The van der Waals surface area contributed by atoms with Gasteiger partial charge in [-0.2, -0.15) is 0 Å². The van der Waals surface area contributed by atoms with Gasteiger partial charge in [0.15, 0.2) is 0 Å². The minimum Gasteiger partial charge on any atom is -0.332 e. The fourth-order valence-corrected chi connectivity index (χ4v) is 2.93. The maximum Gasteiger partial charge on any atom is 0.315 e. The van der Waals surface area contributed by atoms with Crippen molar-refractivity contribution >= 4 is 6.03 Å². The van der Waals surface area contributed by atoms with Crippen LogP contribution in [0.1, 0.15) is 53.7 Å². The Morgan fingerprint density at radius 3 is 2.04 bits per heavy atom. The van der Waals surface area contributed by atoms with Crippen LogP contribution in [0.5, 0.6) is 0 Å². The average Bonchev–Trinajstić information content (AvgIpc) is 2.46. The Bertz CT molecular complexity index is 674. The Hall–Kier alpha value is -2.29. The van der Waals surface area contributed by atoms with Crippen LogP contribution in [0, 0.1) is 20.8 Å². The van der Waals surface area contributed by atoms with Crippen LogP contribution in [-0.2, 0) is 0 Å². The zero-order chi connectivity index (χ0) is 17.0. The molecule has 0 heterocycles. The van der Waals surface area contributed by atoms with Crippen LogP contribution in [0.15, 0.2) is 42.5 Å². The Labute approximate surface area is 139 Å². The molecular formula is C20H26N2O. The number of benzene rings is 2. The Kier molecular flexibility index (Phi) is 5.43. The van der Waals surface area contributed by atoms with Crippen molar-refractivity contribution in [1.29, 1.82) is 0 Å². The first-order valence-electron chi connectivity index (χ1n) is 8.07. The number of carbonyl (C=O) groups excluding carboxylic acids is 1. The average molecular weight is 310 g/mol. The molecule has 2 atom stereocenters. The number of rotatable bonds is 4. The predicted molar refractivity (Wildman–Crippen MR) is 95.6 cm³/mol. The maximum atomic E-state index is 12.3. The summed E-state index contributed by atoms with van der Waals surface area (Å²) in [4.78, 5) is 12.3. The second-order valence-electron chi connectivity index (χ2n) is 6.34. The van der Waals surface area contributed by atoms with Crippen molar-refractivity contribution < 1.29 is 4.79 Å². The summed E-state index contributed by atoms with van der Waals surface area (Å²) in [6, 6.07) is 14.3. The van der Waals surface area contributed by atoms with Crippen LogP contribution < -0.4 is 10.6 Å². The van der Waals surface area contributed by atoms with E-state index in [2.05, 4.69) is 55.7 Å². The number of nitrogens with one attached hydrogen (secondary N) is 2. The van der Waals surface area contributed by atoms with Crippen molar-refractivity contribution in [3.05, 3.63) is 70.3 Å². The molecule has 2 amide bonds. The summed E-state index contributed by atoms with van der Waals surface area (Å²) in [5.41, 5.74) is 5.87. The smallest absolute Gasteiger partial charge is 0.315 e. The zero-order valence-electron chi connectivity index (χ0n) is 14.6. The van der Waals surface area contributed by atoms with E-state index < -0.39 is 0 Å². The lowest BCUT2D eigenvalue weighted by Crippen LogP contribution is -2.38. The number of aryl methyl sites for hydroxylation is 3. The molecule has 3 nitrogen and oxygen atoms in total. The van der Waals surface area contributed by atoms with Gasteiger partial charge < -0.3 is 10.6 Å². The molecule has 122 valence electrons. The Morgan fingerprint density at radius 2 is 1.43 bits per heavy atom. The lowest BCUT2D eigenvalue weighted by atomic mass is 10.0. The van der Waals surface area contributed by atoms with Gasteiger partial charge in [0, 0.05) is 0 Å². The molecule has 3 heteroatoms. The van der Waals surface area contributed by atoms with Crippen molar-refractivity contribution in [1.82, 2.24) is 10.6 Å². The van der Waals surface area contributed by atoms with Crippen molar-refractivity contribution in [2.75, 3.05) is 0 Å². The topological polar surface area (TPSA) is 41.1 Å². The third-order valence-corrected chi connectivity index (χ3v) is 4.09. The molecule has 2 aromatic rings. The summed E-state index contributed by atoms with van der Waals surface area (Å²) in [6.07, 6.45) is 0. The monoisotopic (exact) mass is 310 g/mol. The van der Waals surface area contributed by atoms with E-state index in [4.69, 9.17) is 0 Å². The van der Waals surface area contributed by atoms with Crippen LogP contribution in [0.2, 0.25) is 0 Å². The van der Waals surface area contributed by atoms with E-state index >= 15 is 0 Å². The van der Waals surface area contributed by atoms with Crippen molar-refractivity contribution in [2.45, 2.75) is 46.7 Å². The highest BCUT2D eigenvalue weighted by atomic mass is 16.2. The van der Waals surface area contributed by atoms with E-state index in [1.54, 1.807) is 0 Å². The minimum absolute atomic E-state index is 0.0253. The van der Waals surface area contributed by atoms with Crippen molar-refractivity contribution in [3.8, 4) is 0 Å². The van der Waals surface area contributed by atoms with Crippen molar-refractivity contribution in [2.24, 2.45) is 0 Å². The third kappa shape index (κ3) is 4.59. The lowest BCUT2D eigenvalue weighted by Gasteiger charge is -2.20. The molecule has 2 unspecified atom stereocenters. The zero-order valence-corrected chi connectivity index (χ0v) is 14.6.